The van der Waals surface area contributed by atoms with Crippen molar-refractivity contribution in [2.45, 2.75) is 50.0 Å². The van der Waals surface area contributed by atoms with Gasteiger partial charge >= 0.3 is 0 Å². The predicted octanol–water partition coefficient (Wildman–Crippen LogP) is 0.913. The molecule has 0 aromatic heterocycles. The van der Waals surface area contributed by atoms with Crippen LogP contribution in [0.5, 0.6) is 0 Å². The van der Waals surface area contributed by atoms with Gasteiger partial charge in [0.25, 0.3) is 11.8 Å². The number of alkyl halides is 2. The average Bonchev–Trinajstić information content (AvgIpc) is 2.96. The number of hydrogen-bond acceptors (Lipinski definition) is 6. The molecule has 0 aliphatic carbocycles. The SMILES string of the molecule is CC(F)(F)c1ccc(C[C@@H](NC(=O)[C@H](O)[C@@H](O)C(N)=O)C(=O)N[C@@H](Cc2ccc(-c3ccccc3)cc2)C(N)=O)cc1. The Bertz CT molecular complexity index is 1400. The molecular formula is C30H32F2N4O6. The molecule has 0 aliphatic heterocycles. The second-order valence-electron chi connectivity index (χ2n) is 9.87. The summed E-state index contributed by atoms with van der Waals surface area (Å²) in [6, 6.07) is 19.1. The van der Waals surface area contributed by atoms with Crippen LogP contribution in [0.4, 0.5) is 8.78 Å². The van der Waals surface area contributed by atoms with Crippen LogP contribution >= 0.6 is 0 Å². The molecule has 0 aliphatic rings. The zero-order valence-corrected chi connectivity index (χ0v) is 22.7. The van der Waals surface area contributed by atoms with Crippen LogP contribution in [0.1, 0.15) is 23.6 Å². The highest BCUT2D eigenvalue weighted by molar-refractivity contribution is 5.95. The van der Waals surface area contributed by atoms with E-state index in [1.807, 2.05) is 42.5 Å². The monoisotopic (exact) mass is 582 g/mol. The molecule has 222 valence electrons. The van der Waals surface area contributed by atoms with Gasteiger partial charge in [-0.05, 0) is 22.3 Å². The number of benzene rings is 3. The van der Waals surface area contributed by atoms with E-state index in [2.05, 4.69) is 10.6 Å². The van der Waals surface area contributed by atoms with E-state index >= 15 is 0 Å². The van der Waals surface area contributed by atoms with E-state index in [-0.39, 0.29) is 18.4 Å². The number of rotatable bonds is 13. The number of carbonyl (C=O) groups excluding carboxylic acids is 4. The molecule has 10 nitrogen and oxygen atoms in total. The molecule has 3 rings (SSSR count). The Balaban J connectivity index is 1.79. The molecule has 0 unspecified atom stereocenters. The van der Waals surface area contributed by atoms with E-state index in [0.29, 0.717) is 11.1 Å². The fourth-order valence-electron chi connectivity index (χ4n) is 4.13. The van der Waals surface area contributed by atoms with Crippen molar-refractivity contribution in [1.82, 2.24) is 10.6 Å². The van der Waals surface area contributed by atoms with E-state index in [1.165, 1.54) is 12.1 Å². The van der Waals surface area contributed by atoms with Crippen molar-refractivity contribution in [3.63, 3.8) is 0 Å². The third-order valence-corrected chi connectivity index (χ3v) is 6.55. The van der Waals surface area contributed by atoms with Gasteiger partial charge < -0.3 is 32.3 Å². The Labute approximate surface area is 240 Å². The molecule has 0 fully saturated rings. The molecule has 3 aromatic carbocycles. The van der Waals surface area contributed by atoms with Gasteiger partial charge in [0, 0.05) is 25.3 Å². The number of amides is 4. The van der Waals surface area contributed by atoms with Gasteiger partial charge in [-0.1, -0.05) is 78.9 Å². The molecule has 12 heteroatoms. The van der Waals surface area contributed by atoms with Crippen LogP contribution in [0.2, 0.25) is 0 Å². The standard InChI is InChI=1S/C30H32F2N4O6/c1-30(31,32)21-13-9-18(10-14-21)16-23(36-29(42)25(38)24(37)27(34)40)28(41)35-22(26(33)39)15-17-7-11-20(12-8-17)19-5-3-2-4-6-19/h2-14,22-25,37-38H,15-16H2,1H3,(H2,33,39)(H2,34,40)(H,35,41)(H,36,42)/t22-,23+,24+,25+/m0/s1. The van der Waals surface area contributed by atoms with Crippen LogP contribution < -0.4 is 22.1 Å². The number of primary amides is 2. The van der Waals surface area contributed by atoms with Crippen LogP contribution in [0.3, 0.4) is 0 Å². The lowest BCUT2D eigenvalue weighted by atomic mass is 9.99. The van der Waals surface area contributed by atoms with Crippen molar-refractivity contribution in [3.8, 4) is 11.1 Å². The maximum atomic E-state index is 13.6. The molecule has 0 spiro atoms. The van der Waals surface area contributed by atoms with Gasteiger partial charge in [0.15, 0.2) is 12.2 Å². The average molecular weight is 583 g/mol. The minimum Gasteiger partial charge on any atom is -0.380 e. The Morgan fingerprint density at radius 1 is 0.690 bits per heavy atom. The van der Waals surface area contributed by atoms with Crippen LogP contribution in [-0.2, 0) is 37.9 Å². The van der Waals surface area contributed by atoms with Gasteiger partial charge in [0.1, 0.15) is 12.1 Å². The number of aliphatic hydroxyl groups excluding tert-OH is 2. The molecular weight excluding hydrogens is 550 g/mol. The Morgan fingerprint density at radius 3 is 1.67 bits per heavy atom. The summed E-state index contributed by atoms with van der Waals surface area (Å²) in [6.45, 7) is 0.725. The Morgan fingerprint density at radius 2 is 1.17 bits per heavy atom. The predicted molar refractivity (Wildman–Crippen MR) is 150 cm³/mol. The number of aliphatic hydroxyl groups is 2. The van der Waals surface area contributed by atoms with Crippen LogP contribution in [0.25, 0.3) is 11.1 Å². The van der Waals surface area contributed by atoms with E-state index in [0.717, 1.165) is 30.2 Å². The van der Waals surface area contributed by atoms with Crippen molar-refractivity contribution in [2.75, 3.05) is 0 Å². The minimum atomic E-state index is -3.10. The fraction of sp³-hybridized carbons (Fsp3) is 0.267. The highest BCUT2D eigenvalue weighted by Crippen LogP contribution is 2.27. The van der Waals surface area contributed by atoms with Gasteiger partial charge in [-0.25, -0.2) is 8.78 Å². The van der Waals surface area contributed by atoms with Crippen molar-refractivity contribution in [1.29, 1.82) is 0 Å². The summed E-state index contributed by atoms with van der Waals surface area (Å²) in [6.07, 6.45) is -4.80. The summed E-state index contributed by atoms with van der Waals surface area (Å²) in [7, 11) is 0. The maximum Gasteiger partial charge on any atom is 0.270 e. The van der Waals surface area contributed by atoms with Gasteiger partial charge in [-0.3, -0.25) is 19.2 Å². The first-order valence-corrected chi connectivity index (χ1v) is 12.9. The van der Waals surface area contributed by atoms with Gasteiger partial charge in [-0.15, -0.1) is 0 Å². The summed E-state index contributed by atoms with van der Waals surface area (Å²) >= 11 is 0. The van der Waals surface area contributed by atoms with Crippen molar-refractivity contribution >= 4 is 23.6 Å². The van der Waals surface area contributed by atoms with E-state index in [1.54, 1.807) is 12.1 Å². The van der Waals surface area contributed by atoms with E-state index in [4.69, 9.17) is 11.5 Å². The van der Waals surface area contributed by atoms with Crippen LogP contribution in [0.15, 0.2) is 78.9 Å². The molecule has 0 heterocycles. The van der Waals surface area contributed by atoms with E-state index < -0.39 is 53.8 Å². The summed E-state index contributed by atoms with van der Waals surface area (Å²) in [5, 5.41) is 24.4. The molecule has 3 aromatic rings. The number of hydrogen-bond donors (Lipinski definition) is 6. The molecule has 0 radical (unpaired) electrons. The second kappa shape index (κ2) is 13.8. The minimum absolute atomic E-state index is 0.0140. The Kier molecular flexibility index (Phi) is 10.5. The zero-order chi connectivity index (χ0) is 31.0. The topological polar surface area (TPSA) is 185 Å². The van der Waals surface area contributed by atoms with Gasteiger partial charge in [0.2, 0.25) is 17.7 Å². The number of nitrogens with one attached hydrogen (secondary N) is 2. The molecule has 0 saturated carbocycles. The summed E-state index contributed by atoms with van der Waals surface area (Å²) in [5.41, 5.74) is 13.2. The summed E-state index contributed by atoms with van der Waals surface area (Å²) < 4.78 is 27.3. The van der Waals surface area contributed by atoms with Crippen molar-refractivity contribution in [2.24, 2.45) is 11.5 Å². The lowest BCUT2D eigenvalue weighted by molar-refractivity contribution is -0.145. The highest BCUT2D eigenvalue weighted by Gasteiger charge is 2.33. The lowest BCUT2D eigenvalue weighted by Gasteiger charge is -2.24. The van der Waals surface area contributed by atoms with Crippen LogP contribution in [-0.4, -0.2) is 58.1 Å². The smallest absolute Gasteiger partial charge is 0.270 e. The summed E-state index contributed by atoms with van der Waals surface area (Å²) in [5.74, 6) is -7.53. The molecule has 0 saturated heterocycles. The van der Waals surface area contributed by atoms with E-state index in [9.17, 15) is 38.2 Å². The molecule has 42 heavy (non-hydrogen) atoms. The maximum absolute atomic E-state index is 13.6. The summed E-state index contributed by atoms with van der Waals surface area (Å²) in [4.78, 5) is 49.3. The molecule has 0 bridgehead atoms. The molecule has 4 amide bonds. The van der Waals surface area contributed by atoms with Crippen molar-refractivity contribution in [3.05, 3.63) is 95.6 Å². The number of halogens is 2. The van der Waals surface area contributed by atoms with Crippen molar-refractivity contribution < 1.29 is 38.2 Å². The first kappa shape index (κ1) is 31.8. The second-order valence-corrected chi connectivity index (χ2v) is 9.87. The third kappa shape index (κ3) is 8.66. The first-order valence-electron chi connectivity index (χ1n) is 12.9. The molecule has 4 atom stereocenters. The third-order valence-electron chi connectivity index (χ3n) is 6.55. The largest absolute Gasteiger partial charge is 0.380 e. The fourth-order valence-corrected chi connectivity index (χ4v) is 4.13. The Hall–Kier alpha value is -4.68. The lowest BCUT2D eigenvalue weighted by Crippen LogP contribution is -2.57. The normalized spacial score (nSPS) is 14.2. The van der Waals surface area contributed by atoms with Crippen LogP contribution in [0, 0.1) is 0 Å². The van der Waals surface area contributed by atoms with Gasteiger partial charge in [-0.2, -0.15) is 0 Å². The highest BCUT2D eigenvalue weighted by atomic mass is 19.3. The number of nitrogens with two attached hydrogens (primary N) is 2. The first-order chi connectivity index (χ1) is 19.8. The quantitative estimate of drug-likeness (QED) is 0.174. The number of carbonyl (C=O) groups is 4. The zero-order valence-electron chi connectivity index (χ0n) is 22.7. The van der Waals surface area contributed by atoms with Gasteiger partial charge in [0.05, 0.1) is 0 Å². The molecule has 8 N–H and O–H groups in total.